The van der Waals surface area contributed by atoms with Crippen LogP contribution in [0.25, 0.3) is 0 Å². The second-order valence-electron chi connectivity index (χ2n) is 4.53. The summed E-state index contributed by atoms with van der Waals surface area (Å²) in [5.74, 6) is 1.64. The van der Waals surface area contributed by atoms with E-state index in [1.165, 1.54) is 0 Å². The van der Waals surface area contributed by atoms with Gasteiger partial charge in [0.2, 0.25) is 5.88 Å². The van der Waals surface area contributed by atoms with Crippen LogP contribution in [0.15, 0.2) is 12.4 Å². The van der Waals surface area contributed by atoms with Gasteiger partial charge < -0.3 is 15.0 Å². The number of nitrogens with zero attached hydrogens (tertiary/aromatic N) is 3. The summed E-state index contributed by atoms with van der Waals surface area (Å²) in [6, 6.07) is 1.94. The third kappa shape index (κ3) is 3.32. The van der Waals surface area contributed by atoms with Gasteiger partial charge in [0.05, 0.1) is 0 Å². The second-order valence-corrected chi connectivity index (χ2v) is 4.53. The Kier molecular flexibility index (Phi) is 4.75. The average Bonchev–Trinajstić information content (AvgIpc) is 2.89. The third-order valence-electron chi connectivity index (χ3n) is 3.13. The summed E-state index contributed by atoms with van der Waals surface area (Å²) in [5.41, 5.74) is 0. The van der Waals surface area contributed by atoms with Crippen LogP contribution in [0.1, 0.15) is 26.7 Å². The highest BCUT2D eigenvalue weighted by Gasteiger charge is 2.17. The molecule has 1 fully saturated rings. The van der Waals surface area contributed by atoms with Crippen LogP contribution in [0.4, 0.5) is 5.82 Å². The Morgan fingerprint density at radius 1 is 1.44 bits per heavy atom. The molecule has 1 saturated heterocycles. The molecule has 0 aliphatic carbocycles. The number of hydrogen-bond acceptors (Lipinski definition) is 5. The lowest BCUT2D eigenvalue weighted by Crippen LogP contribution is -2.25. The minimum absolute atomic E-state index is 0.244. The smallest absolute Gasteiger partial charge is 0.218 e. The Morgan fingerprint density at radius 3 is 3.00 bits per heavy atom. The van der Waals surface area contributed by atoms with Crippen LogP contribution < -0.4 is 15.0 Å². The Hall–Kier alpha value is -1.36. The maximum atomic E-state index is 5.85. The lowest BCUT2D eigenvalue weighted by molar-refractivity contribution is 0.213. The van der Waals surface area contributed by atoms with Crippen LogP contribution in [0.3, 0.4) is 0 Å². The van der Waals surface area contributed by atoms with Gasteiger partial charge >= 0.3 is 0 Å². The minimum atomic E-state index is 0.244. The number of ether oxygens (including phenoxy) is 1. The van der Waals surface area contributed by atoms with Crippen molar-refractivity contribution in [1.29, 1.82) is 0 Å². The summed E-state index contributed by atoms with van der Waals surface area (Å²) in [6.45, 7) is 8.21. The normalized spacial score (nSPS) is 18.9. The summed E-state index contributed by atoms with van der Waals surface area (Å²) in [4.78, 5) is 10.8. The van der Waals surface area contributed by atoms with Gasteiger partial charge in [-0.2, -0.15) is 0 Å². The molecule has 0 aromatic carbocycles. The fourth-order valence-electron chi connectivity index (χ4n) is 2.17. The van der Waals surface area contributed by atoms with Crippen molar-refractivity contribution < 1.29 is 4.74 Å². The van der Waals surface area contributed by atoms with Gasteiger partial charge in [-0.05, 0) is 26.3 Å². The van der Waals surface area contributed by atoms with Crippen molar-refractivity contribution in [3.8, 4) is 5.88 Å². The van der Waals surface area contributed by atoms with Crippen LogP contribution >= 0.6 is 0 Å². The highest BCUT2D eigenvalue weighted by Crippen LogP contribution is 2.18. The lowest BCUT2D eigenvalue weighted by Gasteiger charge is -2.21. The van der Waals surface area contributed by atoms with E-state index >= 15 is 0 Å². The van der Waals surface area contributed by atoms with Gasteiger partial charge in [-0.15, -0.1) is 0 Å². The average molecular weight is 250 g/mol. The Labute approximate surface area is 109 Å². The molecule has 2 rings (SSSR count). The molecule has 0 spiro atoms. The molecule has 1 aliphatic heterocycles. The zero-order chi connectivity index (χ0) is 12.8. The van der Waals surface area contributed by atoms with Gasteiger partial charge in [0.25, 0.3) is 0 Å². The van der Waals surface area contributed by atoms with Gasteiger partial charge in [-0.1, -0.05) is 6.92 Å². The Morgan fingerprint density at radius 2 is 2.33 bits per heavy atom. The molecule has 2 heterocycles. The lowest BCUT2D eigenvalue weighted by atomic mass is 10.3. The first-order chi connectivity index (χ1) is 8.83. The van der Waals surface area contributed by atoms with Crippen molar-refractivity contribution in [2.24, 2.45) is 0 Å². The van der Waals surface area contributed by atoms with E-state index in [4.69, 9.17) is 4.74 Å². The van der Waals surface area contributed by atoms with E-state index in [1.807, 2.05) is 6.07 Å². The topological polar surface area (TPSA) is 50.3 Å². The molecule has 0 saturated carbocycles. The first kappa shape index (κ1) is 13.1. The summed E-state index contributed by atoms with van der Waals surface area (Å²) < 4.78 is 5.85. The van der Waals surface area contributed by atoms with Crippen LogP contribution in [0, 0.1) is 0 Å². The largest absolute Gasteiger partial charge is 0.473 e. The van der Waals surface area contributed by atoms with Crippen molar-refractivity contribution in [3.63, 3.8) is 0 Å². The van der Waals surface area contributed by atoms with Crippen molar-refractivity contribution in [2.75, 3.05) is 31.1 Å². The monoisotopic (exact) mass is 250 g/mol. The molecular weight excluding hydrogens is 228 g/mol. The SMILES string of the molecule is CCCN(CC)c1cc(OC2CCNC2)ncn1. The zero-order valence-corrected chi connectivity index (χ0v) is 11.2. The molecule has 5 heteroatoms. The van der Waals surface area contributed by atoms with Crippen LogP contribution in [-0.2, 0) is 0 Å². The molecular formula is C13H22N4O. The van der Waals surface area contributed by atoms with E-state index in [2.05, 4.69) is 34.0 Å². The van der Waals surface area contributed by atoms with E-state index in [-0.39, 0.29) is 6.10 Å². The van der Waals surface area contributed by atoms with E-state index in [0.717, 1.165) is 44.8 Å². The highest BCUT2D eigenvalue weighted by atomic mass is 16.5. The maximum Gasteiger partial charge on any atom is 0.218 e. The molecule has 1 aromatic rings. The summed E-state index contributed by atoms with van der Waals surface area (Å²) in [7, 11) is 0. The van der Waals surface area contributed by atoms with E-state index in [1.54, 1.807) is 6.33 Å². The predicted molar refractivity (Wildman–Crippen MR) is 72.1 cm³/mol. The number of rotatable bonds is 6. The van der Waals surface area contributed by atoms with E-state index in [0.29, 0.717) is 5.88 Å². The molecule has 1 unspecified atom stereocenters. The molecule has 5 nitrogen and oxygen atoms in total. The molecule has 1 atom stereocenters. The molecule has 18 heavy (non-hydrogen) atoms. The molecule has 0 radical (unpaired) electrons. The fraction of sp³-hybridized carbons (Fsp3) is 0.692. The van der Waals surface area contributed by atoms with Gasteiger partial charge in [0, 0.05) is 25.7 Å². The second kappa shape index (κ2) is 6.54. The van der Waals surface area contributed by atoms with E-state index < -0.39 is 0 Å². The van der Waals surface area contributed by atoms with Crippen molar-refractivity contribution >= 4 is 5.82 Å². The summed E-state index contributed by atoms with van der Waals surface area (Å²) >= 11 is 0. The minimum Gasteiger partial charge on any atom is -0.473 e. The van der Waals surface area contributed by atoms with Gasteiger partial charge in [0.1, 0.15) is 18.2 Å². The van der Waals surface area contributed by atoms with Gasteiger partial charge in [-0.3, -0.25) is 0 Å². The molecule has 1 aromatic heterocycles. The fourth-order valence-corrected chi connectivity index (χ4v) is 2.17. The van der Waals surface area contributed by atoms with Crippen LogP contribution in [0.5, 0.6) is 5.88 Å². The number of anilines is 1. The quantitative estimate of drug-likeness (QED) is 0.828. The molecule has 100 valence electrons. The first-order valence-corrected chi connectivity index (χ1v) is 6.77. The van der Waals surface area contributed by atoms with E-state index in [9.17, 15) is 0 Å². The molecule has 0 bridgehead atoms. The number of aromatic nitrogens is 2. The van der Waals surface area contributed by atoms with Gasteiger partial charge in [-0.25, -0.2) is 9.97 Å². The predicted octanol–water partition coefficient (Wildman–Crippen LogP) is 1.45. The van der Waals surface area contributed by atoms with Gasteiger partial charge in [0.15, 0.2) is 0 Å². The molecule has 0 amide bonds. The number of hydrogen-bond donors (Lipinski definition) is 1. The third-order valence-corrected chi connectivity index (χ3v) is 3.13. The van der Waals surface area contributed by atoms with Crippen LogP contribution in [0.2, 0.25) is 0 Å². The Bertz CT molecular complexity index is 366. The molecule has 1 aliphatic rings. The van der Waals surface area contributed by atoms with Crippen molar-refractivity contribution in [2.45, 2.75) is 32.8 Å². The summed E-state index contributed by atoms with van der Waals surface area (Å²) in [5, 5.41) is 3.28. The first-order valence-electron chi connectivity index (χ1n) is 6.77. The number of nitrogens with one attached hydrogen (secondary N) is 1. The zero-order valence-electron chi connectivity index (χ0n) is 11.2. The Balaban J connectivity index is 2.03. The highest BCUT2D eigenvalue weighted by molar-refractivity contribution is 5.40. The summed E-state index contributed by atoms with van der Waals surface area (Å²) in [6.07, 6.45) is 3.99. The van der Waals surface area contributed by atoms with Crippen LogP contribution in [-0.4, -0.2) is 42.3 Å². The maximum absolute atomic E-state index is 5.85. The standard InChI is InChI=1S/C13H22N4O/c1-3-7-17(4-2)12-8-13(16-10-15-12)18-11-5-6-14-9-11/h8,10-11,14H,3-7,9H2,1-2H3. The van der Waals surface area contributed by atoms with Crippen molar-refractivity contribution in [1.82, 2.24) is 15.3 Å². The van der Waals surface area contributed by atoms with Crippen molar-refractivity contribution in [3.05, 3.63) is 12.4 Å². The molecule has 1 N–H and O–H groups in total.